The molecule has 0 atom stereocenters. The summed E-state index contributed by atoms with van der Waals surface area (Å²) in [4.78, 5) is 0. The zero-order valence-electron chi connectivity index (χ0n) is 9.15. The van der Waals surface area contributed by atoms with Crippen molar-refractivity contribution in [3.8, 4) is 0 Å². The van der Waals surface area contributed by atoms with Crippen LogP contribution in [-0.4, -0.2) is 10.8 Å². The van der Waals surface area contributed by atoms with Crippen LogP contribution in [0.4, 0.5) is 0 Å². The first kappa shape index (κ1) is 10.9. The van der Waals surface area contributed by atoms with Crippen LogP contribution in [0.25, 0.3) is 0 Å². The lowest BCUT2D eigenvalue weighted by Crippen LogP contribution is -2.34. The molecule has 0 radical (unpaired) electrons. The lowest BCUT2D eigenvalue weighted by Gasteiger charge is -2.49. The lowest BCUT2D eigenvalue weighted by atomic mass is 9.99. The van der Waals surface area contributed by atoms with Crippen molar-refractivity contribution in [2.45, 2.75) is 52.3 Å². The van der Waals surface area contributed by atoms with E-state index in [1.165, 1.54) is 17.2 Å². The van der Waals surface area contributed by atoms with Crippen molar-refractivity contribution >= 4 is 17.2 Å². The fraction of sp³-hybridized carbons (Fsp3) is 1.00. The van der Waals surface area contributed by atoms with Crippen LogP contribution in [0.15, 0.2) is 0 Å². The molecule has 0 aromatic rings. The maximum Gasteiger partial charge on any atom is -0.000105 e. The molecule has 2 heteroatoms. The molecule has 0 N–H and O–H groups in total. The summed E-state index contributed by atoms with van der Waals surface area (Å²) in [5.41, 5.74) is 1.14. The fourth-order valence-corrected chi connectivity index (χ4v) is 5.50. The molecule has 0 nitrogen and oxygen atoms in total. The Bertz CT molecular complexity index is 138. The van der Waals surface area contributed by atoms with Crippen molar-refractivity contribution in [2.24, 2.45) is 10.8 Å². The SMILES string of the molecule is CC(C)(C)C1PC(C(C)(C)C)P1. The molecule has 0 aliphatic carbocycles. The van der Waals surface area contributed by atoms with E-state index < -0.39 is 0 Å². The Labute approximate surface area is 80.8 Å². The van der Waals surface area contributed by atoms with Gasteiger partial charge in [-0.2, -0.15) is 0 Å². The topological polar surface area (TPSA) is 0 Å². The molecule has 1 aliphatic rings. The minimum atomic E-state index is 0.568. The summed E-state index contributed by atoms with van der Waals surface area (Å²) in [6.07, 6.45) is 0. The maximum absolute atomic E-state index is 2.39. The third-order valence-corrected chi connectivity index (χ3v) is 9.20. The van der Waals surface area contributed by atoms with E-state index >= 15 is 0 Å². The zero-order chi connectivity index (χ0) is 9.57. The van der Waals surface area contributed by atoms with Crippen LogP contribution in [0.2, 0.25) is 0 Å². The predicted molar refractivity (Wildman–Crippen MR) is 63.1 cm³/mol. The Morgan fingerprint density at radius 1 is 0.667 bits per heavy atom. The number of hydrogen-bond donors (Lipinski definition) is 0. The Morgan fingerprint density at radius 2 is 0.917 bits per heavy atom. The third kappa shape index (κ3) is 2.43. The zero-order valence-corrected chi connectivity index (χ0v) is 11.2. The van der Waals surface area contributed by atoms with E-state index in [4.69, 9.17) is 0 Å². The first-order valence-electron chi connectivity index (χ1n) is 4.73. The van der Waals surface area contributed by atoms with Crippen LogP contribution < -0.4 is 0 Å². The average molecular weight is 204 g/mol. The summed E-state index contributed by atoms with van der Waals surface area (Å²) in [7, 11) is 2.44. The largest absolute Gasteiger partial charge is 0.106 e. The lowest BCUT2D eigenvalue weighted by molar-refractivity contribution is 0.414. The van der Waals surface area contributed by atoms with Crippen LogP contribution in [0.1, 0.15) is 41.5 Å². The quantitative estimate of drug-likeness (QED) is 0.521. The van der Waals surface area contributed by atoms with E-state index in [1.54, 1.807) is 0 Å². The van der Waals surface area contributed by atoms with Crippen molar-refractivity contribution in [1.82, 2.24) is 0 Å². The highest BCUT2D eigenvalue weighted by Crippen LogP contribution is 2.68. The van der Waals surface area contributed by atoms with Crippen LogP contribution in [-0.2, 0) is 0 Å². The van der Waals surface area contributed by atoms with Crippen LogP contribution >= 0.6 is 17.2 Å². The van der Waals surface area contributed by atoms with E-state index in [0.29, 0.717) is 10.8 Å². The molecule has 1 fully saturated rings. The van der Waals surface area contributed by atoms with E-state index in [-0.39, 0.29) is 0 Å². The molecule has 0 saturated carbocycles. The molecular weight excluding hydrogens is 182 g/mol. The highest BCUT2D eigenvalue weighted by Gasteiger charge is 2.42. The van der Waals surface area contributed by atoms with E-state index in [2.05, 4.69) is 41.5 Å². The highest BCUT2D eigenvalue weighted by molar-refractivity contribution is 7.75. The molecule has 1 rings (SSSR count). The van der Waals surface area contributed by atoms with Crippen molar-refractivity contribution < 1.29 is 0 Å². The fourth-order valence-electron chi connectivity index (χ4n) is 1.33. The molecule has 72 valence electrons. The average Bonchev–Trinajstić information content (AvgIpc) is 1.46. The Morgan fingerprint density at radius 3 is 1.08 bits per heavy atom. The standard InChI is InChI=1S/C10H22P2/c1-9(2,3)7-11-8(12-7)10(4,5)6/h7-8,11-12H,1-6H3. The van der Waals surface area contributed by atoms with Crippen molar-refractivity contribution in [3.63, 3.8) is 0 Å². The van der Waals surface area contributed by atoms with Gasteiger partial charge < -0.3 is 0 Å². The summed E-state index contributed by atoms with van der Waals surface area (Å²) in [6.45, 7) is 14.3. The summed E-state index contributed by atoms with van der Waals surface area (Å²) in [5, 5.41) is 2.06. The molecule has 0 unspecified atom stereocenters. The van der Waals surface area contributed by atoms with Gasteiger partial charge in [0.1, 0.15) is 0 Å². The molecular formula is C10H22P2. The van der Waals surface area contributed by atoms with Gasteiger partial charge in [0.25, 0.3) is 0 Å². The molecule has 0 spiro atoms. The van der Waals surface area contributed by atoms with Gasteiger partial charge in [0.2, 0.25) is 0 Å². The molecule has 0 amide bonds. The van der Waals surface area contributed by atoms with Crippen LogP contribution in [0, 0.1) is 10.8 Å². The Kier molecular flexibility index (Phi) is 2.93. The third-order valence-electron chi connectivity index (χ3n) is 2.40. The van der Waals surface area contributed by atoms with Gasteiger partial charge in [-0.05, 0) is 21.6 Å². The van der Waals surface area contributed by atoms with E-state index in [9.17, 15) is 0 Å². The number of rotatable bonds is 0. The van der Waals surface area contributed by atoms with Gasteiger partial charge in [-0.3, -0.25) is 0 Å². The molecule has 0 aromatic carbocycles. The second-order valence-electron chi connectivity index (χ2n) is 5.93. The van der Waals surface area contributed by atoms with Gasteiger partial charge in [-0.1, -0.05) is 41.5 Å². The Hall–Kier alpha value is 0.860. The maximum atomic E-state index is 2.39. The summed E-state index contributed by atoms with van der Waals surface area (Å²) in [6, 6.07) is 0. The van der Waals surface area contributed by atoms with Crippen LogP contribution in [0.3, 0.4) is 0 Å². The van der Waals surface area contributed by atoms with Gasteiger partial charge in [0.05, 0.1) is 0 Å². The van der Waals surface area contributed by atoms with E-state index in [0.717, 1.165) is 10.8 Å². The van der Waals surface area contributed by atoms with Gasteiger partial charge >= 0.3 is 0 Å². The molecule has 1 saturated heterocycles. The normalized spacial score (nSPS) is 35.5. The monoisotopic (exact) mass is 204 g/mol. The van der Waals surface area contributed by atoms with Crippen molar-refractivity contribution in [3.05, 3.63) is 0 Å². The van der Waals surface area contributed by atoms with Crippen molar-refractivity contribution in [2.75, 3.05) is 0 Å². The van der Waals surface area contributed by atoms with Gasteiger partial charge in [-0.15, -0.1) is 17.2 Å². The number of hydrogen-bond acceptors (Lipinski definition) is 0. The summed E-state index contributed by atoms with van der Waals surface area (Å²) in [5.74, 6) is 0. The highest BCUT2D eigenvalue weighted by atomic mass is 31.2. The summed E-state index contributed by atoms with van der Waals surface area (Å²) >= 11 is 0. The molecule has 0 bridgehead atoms. The molecule has 1 aliphatic heterocycles. The molecule has 0 aromatic heterocycles. The van der Waals surface area contributed by atoms with Gasteiger partial charge in [0.15, 0.2) is 0 Å². The van der Waals surface area contributed by atoms with E-state index in [1.807, 2.05) is 0 Å². The van der Waals surface area contributed by atoms with Gasteiger partial charge in [0, 0.05) is 0 Å². The second kappa shape index (κ2) is 3.21. The summed E-state index contributed by atoms with van der Waals surface area (Å²) < 4.78 is 0. The smallest absolute Gasteiger partial charge is 0.000105 e. The second-order valence-corrected chi connectivity index (χ2v) is 10.1. The van der Waals surface area contributed by atoms with Crippen LogP contribution in [0.5, 0.6) is 0 Å². The van der Waals surface area contributed by atoms with Gasteiger partial charge in [-0.25, -0.2) is 0 Å². The first-order valence-corrected chi connectivity index (χ1v) is 7.04. The predicted octanol–water partition coefficient (Wildman–Crippen LogP) is 4.10. The minimum absolute atomic E-state index is 0.568. The molecule has 1 heterocycles. The minimum Gasteiger partial charge on any atom is -0.106 e. The van der Waals surface area contributed by atoms with Crippen molar-refractivity contribution in [1.29, 1.82) is 0 Å². The molecule has 12 heavy (non-hydrogen) atoms. The first-order chi connectivity index (χ1) is 5.21. The Balaban J connectivity index is 2.39.